The molecular weight excluding hydrogens is 441 g/mol. The molecule has 2 fully saturated rings. The van der Waals surface area contributed by atoms with Crippen LogP contribution in [0.3, 0.4) is 0 Å². The van der Waals surface area contributed by atoms with Crippen LogP contribution in [-0.2, 0) is 16.1 Å². The SMILES string of the molecule is COc1nc(NCC2CC(F)(F)C2)c(F)cc1CNC(=O)[C@@H]1CCCN1C(=O)OC(C)(C)C. The number of nitrogens with one attached hydrogen (secondary N) is 2. The number of hydrogen-bond donors (Lipinski definition) is 2. The van der Waals surface area contributed by atoms with Gasteiger partial charge in [0.2, 0.25) is 17.7 Å². The molecule has 2 heterocycles. The Balaban J connectivity index is 1.59. The van der Waals surface area contributed by atoms with Crippen LogP contribution in [0.25, 0.3) is 0 Å². The number of pyridine rings is 1. The highest BCUT2D eigenvalue weighted by Gasteiger charge is 2.45. The standard InChI is InChI=1S/C22H31F3N4O4/c1-21(2,3)33-20(31)29-7-5-6-16(29)18(30)27-12-14-8-15(23)17(28-19(14)32-4)26-11-13-9-22(24,25)10-13/h8,13,16H,5-7,9-12H2,1-4H3,(H,26,28)(H,27,30)/t16-/m0/s1. The summed E-state index contributed by atoms with van der Waals surface area (Å²) in [5.41, 5.74) is -0.363. The molecule has 3 rings (SSSR count). The molecule has 1 aliphatic heterocycles. The number of aromatic nitrogens is 1. The van der Waals surface area contributed by atoms with Crippen LogP contribution in [0.5, 0.6) is 5.88 Å². The van der Waals surface area contributed by atoms with Crippen LogP contribution in [0.1, 0.15) is 52.0 Å². The van der Waals surface area contributed by atoms with Crippen LogP contribution in [0.15, 0.2) is 6.07 Å². The predicted molar refractivity (Wildman–Crippen MR) is 115 cm³/mol. The van der Waals surface area contributed by atoms with Gasteiger partial charge >= 0.3 is 6.09 Å². The highest BCUT2D eigenvalue weighted by atomic mass is 19.3. The van der Waals surface area contributed by atoms with E-state index in [1.54, 1.807) is 20.8 Å². The lowest BCUT2D eigenvalue weighted by molar-refractivity contribution is -0.125. The van der Waals surface area contributed by atoms with Crippen LogP contribution in [0.2, 0.25) is 0 Å². The molecule has 0 aromatic carbocycles. The second-order valence-electron chi connectivity index (χ2n) is 9.55. The number of likely N-dealkylation sites (tertiary alicyclic amines) is 1. The van der Waals surface area contributed by atoms with Crippen molar-refractivity contribution in [1.82, 2.24) is 15.2 Å². The summed E-state index contributed by atoms with van der Waals surface area (Å²) in [7, 11) is 1.36. The molecule has 1 saturated heterocycles. The number of halogens is 3. The van der Waals surface area contributed by atoms with Gasteiger partial charge in [-0.25, -0.2) is 18.0 Å². The number of ether oxygens (including phenoxy) is 2. The Morgan fingerprint density at radius 1 is 1.30 bits per heavy atom. The van der Waals surface area contributed by atoms with Crippen LogP contribution < -0.4 is 15.4 Å². The second kappa shape index (κ2) is 9.64. The van der Waals surface area contributed by atoms with Crippen molar-refractivity contribution >= 4 is 17.8 Å². The maximum absolute atomic E-state index is 14.5. The summed E-state index contributed by atoms with van der Waals surface area (Å²) < 4.78 is 51.1. The number of carbonyl (C=O) groups is 2. The zero-order chi connectivity index (χ0) is 24.4. The molecule has 0 unspecified atom stereocenters. The van der Waals surface area contributed by atoms with Gasteiger partial charge in [-0.1, -0.05) is 0 Å². The Bertz CT molecular complexity index is 883. The van der Waals surface area contributed by atoms with Crippen molar-refractivity contribution < 1.29 is 32.2 Å². The average molecular weight is 473 g/mol. The van der Waals surface area contributed by atoms with Crippen molar-refractivity contribution in [1.29, 1.82) is 0 Å². The van der Waals surface area contributed by atoms with E-state index >= 15 is 0 Å². The molecule has 0 bridgehead atoms. The third kappa shape index (κ3) is 6.42. The van der Waals surface area contributed by atoms with Gasteiger partial charge in [-0.15, -0.1) is 0 Å². The fraction of sp³-hybridized carbons (Fsp3) is 0.682. The van der Waals surface area contributed by atoms with E-state index in [0.717, 1.165) is 0 Å². The van der Waals surface area contributed by atoms with Crippen molar-refractivity contribution in [3.8, 4) is 5.88 Å². The van der Waals surface area contributed by atoms with Gasteiger partial charge in [-0.2, -0.15) is 4.98 Å². The highest BCUT2D eigenvalue weighted by Crippen LogP contribution is 2.42. The van der Waals surface area contributed by atoms with Gasteiger partial charge in [0.15, 0.2) is 11.6 Å². The number of carbonyl (C=O) groups excluding carboxylic acids is 2. The van der Waals surface area contributed by atoms with E-state index in [4.69, 9.17) is 9.47 Å². The minimum atomic E-state index is -2.64. The molecule has 1 atom stereocenters. The summed E-state index contributed by atoms with van der Waals surface area (Å²) >= 11 is 0. The van der Waals surface area contributed by atoms with Gasteiger partial charge in [0, 0.05) is 38.0 Å². The zero-order valence-electron chi connectivity index (χ0n) is 19.3. The Morgan fingerprint density at radius 3 is 2.61 bits per heavy atom. The molecule has 1 aromatic heterocycles. The monoisotopic (exact) mass is 472 g/mol. The van der Waals surface area contributed by atoms with E-state index in [-0.39, 0.29) is 49.5 Å². The van der Waals surface area contributed by atoms with E-state index in [2.05, 4.69) is 15.6 Å². The van der Waals surface area contributed by atoms with Gasteiger partial charge in [0.05, 0.1) is 7.11 Å². The van der Waals surface area contributed by atoms with Crippen LogP contribution in [0, 0.1) is 11.7 Å². The van der Waals surface area contributed by atoms with Crippen molar-refractivity contribution in [3.05, 3.63) is 17.4 Å². The lowest BCUT2D eigenvalue weighted by Gasteiger charge is -2.35. The molecule has 0 radical (unpaired) electrons. The summed E-state index contributed by atoms with van der Waals surface area (Å²) in [6.07, 6.45) is 0.154. The van der Waals surface area contributed by atoms with Gasteiger partial charge in [-0.3, -0.25) is 9.69 Å². The average Bonchev–Trinajstić information content (AvgIpc) is 3.18. The lowest BCUT2D eigenvalue weighted by Crippen LogP contribution is -2.47. The molecule has 2 amide bonds. The first-order valence-electron chi connectivity index (χ1n) is 11.0. The number of rotatable bonds is 7. The summed E-state index contributed by atoms with van der Waals surface area (Å²) in [6, 6.07) is 0.509. The second-order valence-corrected chi connectivity index (χ2v) is 9.55. The highest BCUT2D eigenvalue weighted by molar-refractivity contribution is 5.86. The minimum absolute atomic E-state index is 0.0558. The van der Waals surface area contributed by atoms with Crippen LogP contribution in [0.4, 0.5) is 23.8 Å². The number of methoxy groups -OCH3 is 1. The minimum Gasteiger partial charge on any atom is -0.481 e. The number of hydrogen-bond acceptors (Lipinski definition) is 6. The number of nitrogens with zero attached hydrogens (tertiary/aromatic N) is 2. The van der Waals surface area contributed by atoms with Crippen molar-refractivity contribution in [2.24, 2.45) is 5.92 Å². The first-order chi connectivity index (χ1) is 15.4. The zero-order valence-corrected chi connectivity index (χ0v) is 19.3. The quantitative estimate of drug-likeness (QED) is 0.629. The number of alkyl halides is 2. The molecule has 1 saturated carbocycles. The Hall–Kier alpha value is -2.72. The van der Waals surface area contributed by atoms with Crippen molar-refractivity contribution in [2.45, 2.75) is 70.6 Å². The Morgan fingerprint density at radius 2 is 2.00 bits per heavy atom. The fourth-order valence-corrected chi connectivity index (χ4v) is 3.99. The first-order valence-corrected chi connectivity index (χ1v) is 11.0. The maximum atomic E-state index is 14.5. The number of amides is 2. The fourth-order valence-electron chi connectivity index (χ4n) is 3.99. The van der Waals surface area contributed by atoms with E-state index in [0.29, 0.717) is 24.9 Å². The summed E-state index contributed by atoms with van der Waals surface area (Å²) in [6.45, 7) is 5.80. The van der Waals surface area contributed by atoms with E-state index in [1.807, 2.05) is 0 Å². The molecule has 1 aromatic rings. The smallest absolute Gasteiger partial charge is 0.410 e. The molecule has 184 valence electrons. The molecule has 1 aliphatic carbocycles. The summed E-state index contributed by atoms with van der Waals surface area (Å²) in [5.74, 6) is -3.93. The molecule has 33 heavy (non-hydrogen) atoms. The number of anilines is 1. The van der Waals surface area contributed by atoms with Crippen LogP contribution >= 0.6 is 0 Å². The Labute approximate surface area is 191 Å². The molecular formula is C22H31F3N4O4. The first kappa shape index (κ1) is 24.9. The van der Waals surface area contributed by atoms with Gasteiger partial charge < -0.3 is 20.1 Å². The normalized spacial score (nSPS) is 20.2. The van der Waals surface area contributed by atoms with Gasteiger partial charge in [0.25, 0.3) is 0 Å². The Kier molecular flexibility index (Phi) is 7.28. The topological polar surface area (TPSA) is 92.8 Å². The molecule has 8 nitrogen and oxygen atoms in total. The molecule has 2 N–H and O–H groups in total. The van der Waals surface area contributed by atoms with Crippen molar-refractivity contribution in [3.63, 3.8) is 0 Å². The van der Waals surface area contributed by atoms with Crippen molar-refractivity contribution in [2.75, 3.05) is 25.5 Å². The molecule has 0 spiro atoms. The van der Waals surface area contributed by atoms with E-state index < -0.39 is 29.5 Å². The lowest BCUT2D eigenvalue weighted by atomic mass is 9.81. The largest absolute Gasteiger partial charge is 0.481 e. The third-order valence-corrected chi connectivity index (χ3v) is 5.58. The van der Waals surface area contributed by atoms with Gasteiger partial charge in [-0.05, 0) is 45.6 Å². The summed E-state index contributed by atoms with van der Waals surface area (Å²) in [5, 5.41) is 5.46. The van der Waals surface area contributed by atoms with Crippen LogP contribution in [-0.4, -0.2) is 59.6 Å². The molecule has 11 heteroatoms. The molecule has 2 aliphatic rings. The predicted octanol–water partition coefficient (Wildman–Crippen LogP) is 3.70. The van der Waals surface area contributed by atoms with E-state index in [9.17, 15) is 22.8 Å². The maximum Gasteiger partial charge on any atom is 0.410 e. The van der Waals surface area contributed by atoms with E-state index in [1.165, 1.54) is 18.1 Å². The summed E-state index contributed by atoms with van der Waals surface area (Å²) in [4.78, 5) is 30.6. The third-order valence-electron chi connectivity index (χ3n) is 5.58. The van der Waals surface area contributed by atoms with Gasteiger partial charge in [0.1, 0.15) is 11.6 Å².